The van der Waals surface area contributed by atoms with Crippen LogP contribution in [0.2, 0.25) is 0 Å². The van der Waals surface area contributed by atoms with Crippen molar-refractivity contribution >= 4 is 5.69 Å². The summed E-state index contributed by atoms with van der Waals surface area (Å²) < 4.78 is 0. The topological polar surface area (TPSA) is 29.3 Å². The summed E-state index contributed by atoms with van der Waals surface area (Å²) in [6.45, 7) is 2.39. The van der Waals surface area contributed by atoms with E-state index in [1.807, 2.05) is 0 Å². The van der Waals surface area contributed by atoms with Crippen LogP contribution in [0.5, 0.6) is 0 Å². The Morgan fingerprint density at radius 2 is 1.84 bits per heavy atom. The van der Waals surface area contributed by atoms with Crippen LogP contribution in [0.25, 0.3) is 0 Å². The Labute approximate surface area is 117 Å². The molecular weight excluding hydrogens is 232 g/mol. The molecule has 0 aliphatic heterocycles. The van der Waals surface area contributed by atoms with Gasteiger partial charge in [-0.05, 0) is 74.8 Å². The maximum atomic E-state index is 5.90. The molecule has 0 radical (unpaired) electrons. The molecule has 2 nitrogen and oxygen atoms in total. The Hall–Kier alpha value is -1.02. The first kappa shape index (κ1) is 13.0. The Kier molecular flexibility index (Phi) is 3.53. The van der Waals surface area contributed by atoms with Gasteiger partial charge in [-0.3, -0.25) is 4.90 Å². The molecule has 104 valence electrons. The lowest BCUT2D eigenvalue weighted by atomic mass is 9.86. The number of anilines is 1. The largest absolute Gasteiger partial charge is 0.399 e. The van der Waals surface area contributed by atoms with Crippen molar-refractivity contribution < 1.29 is 0 Å². The molecule has 3 rings (SSSR count). The van der Waals surface area contributed by atoms with Crippen molar-refractivity contribution in [1.29, 1.82) is 0 Å². The van der Waals surface area contributed by atoms with Crippen LogP contribution in [-0.4, -0.2) is 18.0 Å². The molecule has 0 spiro atoms. The number of hydrogen-bond acceptors (Lipinski definition) is 2. The normalized spacial score (nSPS) is 30.6. The molecule has 2 aliphatic rings. The predicted octanol–water partition coefficient (Wildman–Crippen LogP) is 3.77. The number of fused-ring (bicyclic) bond motifs is 1. The minimum Gasteiger partial charge on any atom is -0.399 e. The summed E-state index contributed by atoms with van der Waals surface area (Å²) in [4.78, 5) is 2.65. The highest BCUT2D eigenvalue weighted by atomic mass is 15.2. The van der Waals surface area contributed by atoms with Crippen LogP contribution < -0.4 is 5.73 Å². The van der Waals surface area contributed by atoms with E-state index in [2.05, 4.69) is 37.1 Å². The SMILES string of the molecule is CC1CCC(N(C)C2CCc3cc(N)ccc32)CC1. The Balaban J connectivity index is 1.74. The third kappa shape index (κ3) is 2.51. The second-order valence-corrected chi connectivity index (χ2v) is 6.59. The number of nitrogens with zero attached hydrogens (tertiary/aromatic N) is 1. The molecule has 1 atom stereocenters. The summed E-state index contributed by atoms with van der Waals surface area (Å²) in [5.41, 5.74) is 9.80. The van der Waals surface area contributed by atoms with E-state index in [9.17, 15) is 0 Å². The zero-order valence-corrected chi connectivity index (χ0v) is 12.2. The van der Waals surface area contributed by atoms with E-state index >= 15 is 0 Å². The monoisotopic (exact) mass is 258 g/mol. The number of hydrogen-bond donors (Lipinski definition) is 1. The van der Waals surface area contributed by atoms with E-state index in [-0.39, 0.29) is 0 Å². The van der Waals surface area contributed by atoms with Gasteiger partial charge in [0.1, 0.15) is 0 Å². The molecule has 0 heterocycles. The van der Waals surface area contributed by atoms with Gasteiger partial charge < -0.3 is 5.73 Å². The van der Waals surface area contributed by atoms with Crippen LogP contribution in [0.3, 0.4) is 0 Å². The molecule has 1 aromatic rings. The summed E-state index contributed by atoms with van der Waals surface area (Å²) in [5, 5.41) is 0. The van der Waals surface area contributed by atoms with Crippen LogP contribution >= 0.6 is 0 Å². The minimum atomic E-state index is 0.619. The molecule has 0 amide bonds. The summed E-state index contributed by atoms with van der Waals surface area (Å²) in [5.74, 6) is 0.931. The van der Waals surface area contributed by atoms with E-state index in [0.717, 1.165) is 17.6 Å². The van der Waals surface area contributed by atoms with Crippen LogP contribution in [0.1, 0.15) is 56.2 Å². The number of benzene rings is 1. The standard InChI is InChI=1S/C17H26N2/c1-12-3-7-15(8-4-12)19(2)17-10-5-13-11-14(18)6-9-16(13)17/h6,9,11-12,15,17H,3-5,7-8,10,18H2,1-2H3. The van der Waals surface area contributed by atoms with Gasteiger partial charge in [0.15, 0.2) is 0 Å². The summed E-state index contributed by atoms with van der Waals surface area (Å²) in [6.07, 6.45) is 8.00. The van der Waals surface area contributed by atoms with Crippen LogP contribution in [-0.2, 0) is 6.42 Å². The number of nitrogen functional groups attached to an aromatic ring is 1. The molecule has 0 aromatic heterocycles. The first-order valence-corrected chi connectivity index (χ1v) is 7.75. The van der Waals surface area contributed by atoms with E-state index in [1.54, 1.807) is 0 Å². The quantitative estimate of drug-likeness (QED) is 0.818. The third-order valence-electron chi connectivity index (χ3n) is 5.27. The lowest BCUT2D eigenvalue weighted by molar-refractivity contribution is 0.123. The van der Waals surface area contributed by atoms with Crippen molar-refractivity contribution in [3.63, 3.8) is 0 Å². The van der Waals surface area contributed by atoms with Gasteiger partial charge in [-0.15, -0.1) is 0 Å². The molecule has 1 unspecified atom stereocenters. The van der Waals surface area contributed by atoms with E-state index in [4.69, 9.17) is 5.73 Å². The molecule has 19 heavy (non-hydrogen) atoms. The van der Waals surface area contributed by atoms with Crippen LogP contribution in [0.4, 0.5) is 5.69 Å². The maximum Gasteiger partial charge on any atom is 0.0353 e. The van der Waals surface area contributed by atoms with Gasteiger partial charge in [0.2, 0.25) is 0 Å². The lowest BCUT2D eigenvalue weighted by Gasteiger charge is -2.37. The lowest BCUT2D eigenvalue weighted by Crippen LogP contribution is -2.36. The van der Waals surface area contributed by atoms with Crippen molar-refractivity contribution in [2.75, 3.05) is 12.8 Å². The van der Waals surface area contributed by atoms with Crippen molar-refractivity contribution in [3.05, 3.63) is 29.3 Å². The molecule has 2 heteroatoms. The second-order valence-electron chi connectivity index (χ2n) is 6.59. The Morgan fingerprint density at radius 1 is 1.11 bits per heavy atom. The summed E-state index contributed by atoms with van der Waals surface area (Å²) in [6, 6.07) is 7.89. The van der Waals surface area contributed by atoms with Gasteiger partial charge in [-0.1, -0.05) is 13.0 Å². The Morgan fingerprint density at radius 3 is 2.58 bits per heavy atom. The highest BCUT2D eigenvalue weighted by molar-refractivity contribution is 5.47. The van der Waals surface area contributed by atoms with Gasteiger partial charge in [0.05, 0.1) is 0 Å². The maximum absolute atomic E-state index is 5.90. The first-order chi connectivity index (χ1) is 9.15. The fraction of sp³-hybridized carbons (Fsp3) is 0.647. The molecule has 1 aromatic carbocycles. The van der Waals surface area contributed by atoms with Gasteiger partial charge in [0.25, 0.3) is 0 Å². The number of nitrogens with two attached hydrogens (primary N) is 1. The van der Waals surface area contributed by atoms with E-state index in [0.29, 0.717) is 6.04 Å². The first-order valence-electron chi connectivity index (χ1n) is 7.75. The zero-order valence-electron chi connectivity index (χ0n) is 12.2. The average molecular weight is 258 g/mol. The zero-order chi connectivity index (χ0) is 13.4. The summed E-state index contributed by atoms with van der Waals surface area (Å²) >= 11 is 0. The van der Waals surface area contributed by atoms with Crippen molar-refractivity contribution in [1.82, 2.24) is 4.90 Å². The van der Waals surface area contributed by atoms with Crippen LogP contribution in [0, 0.1) is 5.92 Å². The fourth-order valence-corrected chi connectivity index (χ4v) is 3.94. The molecular formula is C17H26N2. The van der Waals surface area contributed by atoms with E-state index in [1.165, 1.54) is 49.7 Å². The van der Waals surface area contributed by atoms with Gasteiger partial charge in [-0.2, -0.15) is 0 Å². The average Bonchev–Trinajstić information content (AvgIpc) is 2.81. The molecule has 2 N–H and O–H groups in total. The number of aryl methyl sites for hydroxylation is 1. The van der Waals surface area contributed by atoms with Crippen LogP contribution in [0.15, 0.2) is 18.2 Å². The summed E-state index contributed by atoms with van der Waals surface area (Å²) in [7, 11) is 2.33. The fourth-order valence-electron chi connectivity index (χ4n) is 3.94. The Bertz CT molecular complexity index is 447. The molecule has 0 bridgehead atoms. The van der Waals surface area contributed by atoms with Crippen molar-refractivity contribution in [2.45, 2.75) is 57.5 Å². The van der Waals surface area contributed by atoms with Crippen molar-refractivity contribution in [2.24, 2.45) is 5.92 Å². The van der Waals surface area contributed by atoms with E-state index < -0.39 is 0 Å². The number of rotatable bonds is 2. The van der Waals surface area contributed by atoms with Gasteiger partial charge >= 0.3 is 0 Å². The molecule has 1 fully saturated rings. The predicted molar refractivity (Wildman–Crippen MR) is 81.1 cm³/mol. The highest BCUT2D eigenvalue weighted by Crippen LogP contribution is 2.39. The van der Waals surface area contributed by atoms with Gasteiger partial charge in [0, 0.05) is 17.8 Å². The third-order valence-corrected chi connectivity index (χ3v) is 5.27. The van der Waals surface area contributed by atoms with Crippen molar-refractivity contribution in [3.8, 4) is 0 Å². The van der Waals surface area contributed by atoms with Gasteiger partial charge in [-0.25, -0.2) is 0 Å². The molecule has 2 aliphatic carbocycles. The minimum absolute atomic E-state index is 0.619. The smallest absolute Gasteiger partial charge is 0.0353 e. The highest BCUT2D eigenvalue weighted by Gasteiger charge is 2.31. The molecule has 1 saturated carbocycles. The second kappa shape index (κ2) is 5.16. The molecule has 0 saturated heterocycles.